The largest absolute Gasteiger partial charge is 0.378 e. The van der Waals surface area contributed by atoms with Gasteiger partial charge in [-0.2, -0.15) is 0 Å². The van der Waals surface area contributed by atoms with Gasteiger partial charge in [0.25, 0.3) is 0 Å². The first-order valence-corrected chi connectivity index (χ1v) is 8.17. The molecule has 0 aromatic heterocycles. The van der Waals surface area contributed by atoms with Crippen LogP contribution in [0.25, 0.3) is 0 Å². The second kappa shape index (κ2) is 6.65. The van der Waals surface area contributed by atoms with Crippen LogP contribution >= 0.6 is 0 Å². The van der Waals surface area contributed by atoms with E-state index in [1.54, 1.807) is 4.90 Å². The van der Waals surface area contributed by atoms with Crippen molar-refractivity contribution in [2.45, 2.75) is 19.9 Å². The molecule has 2 atom stereocenters. The Labute approximate surface area is 141 Å². The monoisotopic (exact) mass is 329 g/mol. The molecule has 0 spiro atoms. The third-order valence-electron chi connectivity index (χ3n) is 4.62. The number of amides is 3. The van der Waals surface area contributed by atoms with E-state index in [1.165, 1.54) is 0 Å². The van der Waals surface area contributed by atoms with Gasteiger partial charge in [0, 0.05) is 18.8 Å². The van der Waals surface area contributed by atoms with E-state index in [4.69, 9.17) is 4.74 Å². The van der Waals surface area contributed by atoms with E-state index >= 15 is 0 Å². The Kier molecular flexibility index (Phi) is 4.57. The van der Waals surface area contributed by atoms with Gasteiger partial charge in [0.05, 0.1) is 19.3 Å². The molecule has 0 saturated carbocycles. The summed E-state index contributed by atoms with van der Waals surface area (Å²) in [5, 5.41) is 5.56. The third kappa shape index (κ3) is 3.14. The molecule has 2 heterocycles. The number of morpholine rings is 1. The molecule has 3 rings (SSSR count). The Morgan fingerprint density at radius 3 is 2.67 bits per heavy atom. The van der Waals surface area contributed by atoms with Crippen molar-refractivity contribution in [3.8, 4) is 0 Å². The average Bonchev–Trinajstić information content (AvgIpc) is 2.54. The SMILES string of the molecule is C=C1NC(=O)N[C@@H](c2ccc(C)cc2C)[C@@H]1C(=O)N1CCOCC1. The van der Waals surface area contributed by atoms with Gasteiger partial charge in [-0.05, 0) is 25.0 Å². The lowest BCUT2D eigenvalue weighted by molar-refractivity contribution is -0.139. The molecule has 2 fully saturated rings. The lowest BCUT2D eigenvalue weighted by Crippen LogP contribution is -2.55. The molecule has 1 aromatic rings. The number of carbonyl (C=O) groups excluding carboxylic acids is 2. The Morgan fingerprint density at radius 1 is 1.29 bits per heavy atom. The number of hydrogen-bond acceptors (Lipinski definition) is 3. The molecular weight excluding hydrogens is 306 g/mol. The van der Waals surface area contributed by atoms with Crippen molar-refractivity contribution in [2.24, 2.45) is 5.92 Å². The fourth-order valence-electron chi connectivity index (χ4n) is 3.39. The van der Waals surface area contributed by atoms with Gasteiger partial charge in [-0.3, -0.25) is 4.79 Å². The second-order valence-electron chi connectivity index (χ2n) is 6.38. The van der Waals surface area contributed by atoms with Crippen LogP contribution in [-0.4, -0.2) is 43.1 Å². The van der Waals surface area contributed by atoms with Crippen LogP contribution in [0.1, 0.15) is 22.7 Å². The third-order valence-corrected chi connectivity index (χ3v) is 4.62. The molecule has 2 saturated heterocycles. The number of aryl methyl sites for hydroxylation is 2. The molecular formula is C18H23N3O3. The summed E-state index contributed by atoms with van der Waals surface area (Å²) >= 11 is 0. The lowest BCUT2D eigenvalue weighted by Gasteiger charge is -2.38. The topological polar surface area (TPSA) is 70.7 Å². The van der Waals surface area contributed by atoms with Crippen molar-refractivity contribution in [1.82, 2.24) is 15.5 Å². The highest BCUT2D eigenvalue weighted by atomic mass is 16.5. The Morgan fingerprint density at radius 2 is 2.00 bits per heavy atom. The van der Waals surface area contributed by atoms with Crippen LogP contribution in [0.3, 0.4) is 0 Å². The predicted octanol–water partition coefficient (Wildman–Crippen LogP) is 1.65. The molecule has 24 heavy (non-hydrogen) atoms. The molecule has 128 valence electrons. The Hall–Kier alpha value is -2.34. The van der Waals surface area contributed by atoms with Crippen LogP contribution in [0.4, 0.5) is 4.79 Å². The van der Waals surface area contributed by atoms with Crippen molar-refractivity contribution in [3.63, 3.8) is 0 Å². The van der Waals surface area contributed by atoms with Crippen LogP contribution in [0.5, 0.6) is 0 Å². The van der Waals surface area contributed by atoms with E-state index in [2.05, 4.69) is 23.3 Å². The molecule has 2 aliphatic heterocycles. The molecule has 6 heteroatoms. The minimum absolute atomic E-state index is 0.0271. The first-order valence-electron chi connectivity index (χ1n) is 8.17. The highest BCUT2D eigenvalue weighted by Gasteiger charge is 2.40. The summed E-state index contributed by atoms with van der Waals surface area (Å²) in [5.74, 6) is -0.553. The number of urea groups is 1. The summed E-state index contributed by atoms with van der Waals surface area (Å²) in [6.45, 7) is 10.2. The molecule has 6 nitrogen and oxygen atoms in total. The highest BCUT2D eigenvalue weighted by Crippen LogP contribution is 2.33. The van der Waals surface area contributed by atoms with E-state index < -0.39 is 12.0 Å². The molecule has 0 bridgehead atoms. The zero-order valence-corrected chi connectivity index (χ0v) is 14.1. The molecule has 2 N–H and O–H groups in total. The van der Waals surface area contributed by atoms with Gasteiger partial charge in [-0.15, -0.1) is 0 Å². The maximum Gasteiger partial charge on any atom is 0.319 e. The van der Waals surface area contributed by atoms with Crippen molar-refractivity contribution >= 4 is 11.9 Å². The molecule has 1 aromatic carbocycles. The lowest BCUT2D eigenvalue weighted by atomic mass is 9.85. The minimum Gasteiger partial charge on any atom is -0.378 e. The summed E-state index contributed by atoms with van der Waals surface area (Å²) in [7, 11) is 0. The number of nitrogens with one attached hydrogen (secondary N) is 2. The van der Waals surface area contributed by atoms with Crippen LogP contribution in [0, 0.1) is 19.8 Å². The minimum atomic E-state index is -0.526. The van der Waals surface area contributed by atoms with Crippen LogP contribution in [0.2, 0.25) is 0 Å². The molecule has 2 aliphatic rings. The Balaban J connectivity index is 1.94. The van der Waals surface area contributed by atoms with E-state index in [0.717, 1.165) is 16.7 Å². The van der Waals surface area contributed by atoms with E-state index in [0.29, 0.717) is 32.0 Å². The number of nitrogens with zero attached hydrogens (tertiary/aromatic N) is 1. The van der Waals surface area contributed by atoms with Gasteiger partial charge in [0.15, 0.2) is 0 Å². The number of carbonyl (C=O) groups is 2. The normalized spacial score (nSPS) is 24.3. The number of benzene rings is 1. The zero-order valence-electron chi connectivity index (χ0n) is 14.1. The molecule has 0 radical (unpaired) electrons. The number of hydrogen-bond donors (Lipinski definition) is 2. The molecule has 3 amide bonds. The molecule has 0 unspecified atom stereocenters. The fourth-order valence-corrected chi connectivity index (χ4v) is 3.39. The first kappa shape index (κ1) is 16.5. The summed E-state index contributed by atoms with van der Waals surface area (Å²) in [5.41, 5.74) is 3.59. The zero-order chi connectivity index (χ0) is 17.3. The standard InChI is InChI=1S/C18H23N3O3/c1-11-4-5-14(12(2)10-11)16-15(13(3)19-18(23)20-16)17(22)21-6-8-24-9-7-21/h4-5,10,15-16H,3,6-9H2,1-2H3,(H2,19,20,23)/t15-,16+/m1/s1. The van der Waals surface area contributed by atoms with E-state index in [-0.39, 0.29) is 11.9 Å². The highest BCUT2D eigenvalue weighted by molar-refractivity contribution is 5.88. The first-order chi connectivity index (χ1) is 11.5. The van der Waals surface area contributed by atoms with Crippen LogP contribution in [-0.2, 0) is 9.53 Å². The van der Waals surface area contributed by atoms with Gasteiger partial charge < -0.3 is 20.3 Å². The maximum atomic E-state index is 13.1. The predicted molar refractivity (Wildman–Crippen MR) is 90.4 cm³/mol. The van der Waals surface area contributed by atoms with Gasteiger partial charge in [-0.1, -0.05) is 30.3 Å². The van der Waals surface area contributed by atoms with Gasteiger partial charge in [0.2, 0.25) is 5.91 Å². The van der Waals surface area contributed by atoms with E-state index in [9.17, 15) is 9.59 Å². The second-order valence-corrected chi connectivity index (χ2v) is 6.38. The number of rotatable bonds is 2. The molecule has 0 aliphatic carbocycles. The van der Waals surface area contributed by atoms with Crippen molar-refractivity contribution in [3.05, 3.63) is 47.2 Å². The van der Waals surface area contributed by atoms with Crippen molar-refractivity contribution in [2.75, 3.05) is 26.3 Å². The van der Waals surface area contributed by atoms with Crippen molar-refractivity contribution < 1.29 is 14.3 Å². The van der Waals surface area contributed by atoms with Crippen LogP contribution < -0.4 is 10.6 Å². The van der Waals surface area contributed by atoms with Gasteiger partial charge >= 0.3 is 6.03 Å². The summed E-state index contributed by atoms with van der Waals surface area (Å²) in [4.78, 5) is 26.8. The number of ether oxygens (including phenoxy) is 1. The maximum absolute atomic E-state index is 13.1. The van der Waals surface area contributed by atoms with Gasteiger partial charge in [0.1, 0.15) is 5.92 Å². The quantitative estimate of drug-likeness (QED) is 0.867. The van der Waals surface area contributed by atoms with Crippen molar-refractivity contribution in [1.29, 1.82) is 0 Å². The Bertz CT molecular complexity index is 680. The summed E-state index contributed by atoms with van der Waals surface area (Å²) in [6.07, 6.45) is 0. The summed E-state index contributed by atoms with van der Waals surface area (Å²) < 4.78 is 5.32. The fraction of sp³-hybridized carbons (Fsp3) is 0.444. The average molecular weight is 329 g/mol. The summed E-state index contributed by atoms with van der Waals surface area (Å²) in [6, 6.07) is 5.30. The van der Waals surface area contributed by atoms with E-state index in [1.807, 2.05) is 26.0 Å². The van der Waals surface area contributed by atoms with Gasteiger partial charge in [-0.25, -0.2) is 4.79 Å². The van der Waals surface area contributed by atoms with Crippen LogP contribution in [0.15, 0.2) is 30.5 Å². The smallest absolute Gasteiger partial charge is 0.319 e.